The molecule has 2 N–H and O–H groups in total. The summed E-state index contributed by atoms with van der Waals surface area (Å²) in [7, 11) is 1.69. The Labute approximate surface area is 96.6 Å². The molecule has 1 atom stereocenters. The lowest BCUT2D eigenvalue weighted by atomic mass is 10.3. The number of aryl methyl sites for hydroxylation is 1. The van der Waals surface area contributed by atoms with E-state index in [0.29, 0.717) is 6.61 Å². The Morgan fingerprint density at radius 3 is 2.69 bits per heavy atom. The van der Waals surface area contributed by atoms with Crippen LogP contribution in [0.25, 0.3) is 0 Å². The van der Waals surface area contributed by atoms with Crippen molar-refractivity contribution < 1.29 is 4.74 Å². The van der Waals surface area contributed by atoms with Gasteiger partial charge >= 0.3 is 0 Å². The normalized spacial score (nSPS) is 12.2. The fourth-order valence-corrected chi connectivity index (χ4v) is 1.46. The van der Waals surface area contributed by atoms with Crippen molar-refractivity contribution >= 4 is 11.6 Å². The molecule has 0 amide bonds. The zero-order chi connectivity index (χ0) is 12.0. The van der Waals surface area contributed by atoms with Crippen LogP contribution in [0, 0.1) is 6.92 Å². The predicted molar refractivity (Wildman–Crippen MR) is 65.9 cm³/mol. The van der Waals surface area contributed by atoms with Crippen LogP contribution in [0.15, 0.2) is 6.07 Å². The number of aromatic nitrogens is 2. The van der Waals surface area contributed by atoms with Gasteiger partial charge in [0, 0.05) is 25.8 Å². The van der Waals surface area contributed by atoms with E-state index in [4.69, 9.17) is 4.74 Å². The third kappa shape index (κ3) is 4.02. The summed E-state index contributed by atoms with van der Waals surface area (Å²) in [6, 6.07) is 2.14. The molecule has 1 rings (SSSR count). The van der Waals surface area contributed by atoms with Gasteiger partial charge in [-0.3, -0.25) is 0 Å². The van der Waals surface area contributed by atoms with Gasteiger partial charge in [0.05, 0.1) is 6.61 Å². The summed E-state index contributed by atoms with van der Waals surface area (Å²) in [4.78, 5) is 8.60. The van der Waals surface area contributed by atoms with Gasteiger partial charge < -0.3 is 15.4 Å². The van der Waals surface area contributed by atoms with Crippen LogP contribution in [0.2, 0.25) is 0 Å². The van der Waals surface area contributed by atoms with E-state index >= 15 is 0 Å². The quantitative estimate of drug-likeness (QED) is 0.769. The Morgan fingerprint density at radius 2 is 2.06 bits per heavy atom. The van der Waals surface area contributed by atoms with E-state index in [2.05, 4.69) is 20.6 Å². The van der Waals surface area contributed by atoms with E-state index in [1.807, 2.05) is 26.8 Å². The number of methoxy groups -OCH3 is 1. The predicted octanol–water partition coefficient (Wildman–Crippen LogP) is 1.66. The lowest BCUT2D eigenvalue weighted by molar-refractivity contribution is 0.190. The van der Waals surface area contributed by atoms with E-state index in [-0.39, 0.29) is 6.04 Å². The average molecular weight is 224 g/mol. The number of ether oxygens (including phenoxy) is 1. The molecular weight excluding hydrogens is 204 g/mol. The lowest BCUT2D eigenvalue weighted by Crippen LogP contribution is -2.21. The summed E-state index contributed by atoms with van der Waals surface area (Å²) < 4.78 is 5.06. The van der Waals surface area contributed by atoms with Gasteiger partial charge in [0.15, 0.2) is 0 Å². The molecule has 0 bridgehead atoms. The third-order valence-corrected chi connectivity index (χ3v) is 2.01. The van der Waals surface area contributed by atoms with Crippen LogP contribution in [0.1, 0.15) is 19.7 Å². The van der Waals surface area contributed by atoms with Crippen molar-refractivity contribution in [1.82, 2.24) is 9.97 Å². The summed E-state index contributed by atoms with van der Waals surface area (Å²) in [5.41, 5.74) is 0. The highest BCUT2D eigenvalue weighted by Crippen LogP contribution is 2.11. The highest BCUT2D eigenvalue weighted by Gasteiger charge is 2.05. The maximum atomic E-state index is 5.06. The van der Waals surface area contributed by atoms with Crippen molar-refractivity contribution in [2.45, 2.75) is 26.8 Å². The van der Waals surface area contributed by atoms with Crippen LogP contribution < -0.4 is 10.6 Å². The molecule has 90 valence electrons. The molecule has 0 radical (unpaired) electrons. The number of rotatable bonds is 6. The van der Waals surface area contributed by atoms with Gasteiger partial charge in [0.2, 0.25) is 0 Å². The Hall–Kier alpha value is -1.36. The number of nitrogens with one attached hydrogen (secondary N) is 2. The Morgan fingerprint density at radius 1 is 1.38 bits per heavy atom. The zero-order valence-corrected chi connectivity index (χ0v) is 10.4. The first-order valence-corrected chi connectivity index (χ1v) is 5.50. The van der Waals surface area contributed by atoms with Crippen molar-refractivity contribution in [3.05, 3.63) is 11.9 Å². The summed E-state index contributed by atoms with van der Waals surface area (Å²) in [5, 5.41) is 6.44. The van der Waals surface area contributed by atoms with Crippen LogP contribution in [-0.4, -0.2) is 36.3 Å². The van der Waals surface area contributed by atoms with Crippen molar-refractivity contribution in [3.63, 3.8) is 0 Å². The molecule has 0 aliphatic heterocycles. The van der Waals surface area contributed by atoms with Crippen LogP contribution >= 0.6 is 0 Å². The molecule has 0 fully saturated rings. The standard InChI is InChI=1S/C11H20N4O/c1-5-12-10-6-11(15-9(3)14-10)13-8(2)7-16-4/h6,8H,5,7H2,1-4H3,(H2,12,13,14,15). The molecular formula is C11H20N4O. The first-order chi connectivity index (χ1) is 7.65. The van der Waals surface area contributed by atoms with Gasteiger partial charge in [-0.05, 0) is 20.8 Å². The van der Waals surface area contributed by atoms with E-state index in [9.17, 15) is 0 Å². The highest BCUT2D eigenvalue weighted by molar-refractivity contribution is 5.47. The minimum atomic E-state index is 0.230. The van der Waals surface area contributed by atoms with Gasteiger partial charge in [-0.2, -0.15) is 0 Å². The maximum Gasteiger partial charge on any atom is 0.132 e. The van der Waals surface area contributed by atoms with Crippen molar-refractivity contribution in [3.8, 4) is 0 Å². The minimum Gasteiger partial charge on any atom is -0.383 e. The van der Waals surface area contributed by atoms with Gasteiger partial charge in [0.1, 0.15) is 17.5 Å². The van der Waals surface area contributed by atoms with Crippen molar-refractivity contribution in [2.75, 3.05) is 30.9 Å². The fourth-order valence-electron chi connectivity index (χ4n) is 1.46. The largest absolute Gasteiger partial charge is 0.383 e. The second-order valence-electron chi connectivity index (χ2n) is 3.72. The smallest absolute Gasteiger partial charge is 0.132 e. The SMILES string of the molecule is CCNc1cc(NC(C)COC)nc(C)n1. The molecule has 1 unspecified atom stereocenters. The first kappa shape index (κ1) is 12.7. The monoisotopic (exact) mass is 224 g/mol. The van der Waals surface area contributed by atoms with Gasteiger partial charge in [-0.25, -0.2) is 9.97 Å². The number of nitrogens with zero attached hydrogens (tertiary/aromatic N) is 2. The lowest BCUT2D eigenvalue weighted by Gasteiger charge is -2.14. The van der Waals surface area contributed by atoms with Crippen LogP contribution in [0.5, 0.6) is 0 Å². The molecule has 0 spiro atoms. The van der Waals surface area contributed by atoms with Gasteiger partial charge in [-0.15, -0.1) is 0 Å². The van der Waals surface area contributed by atoms with Crippen LogP contribution in [0.3, 0.4) is 0 Å². The summed E-state index contributed by atoms with van der Waals surface area (Å²) >= 11 is 0. The summed E-state index contributed by atoms with van der Waals surface area (Å²) in [5.74, 6) is 2.43. The summed E-state index contributed by atoms with van der Waals surface area (Å²) in [6.45, 7) is 7.47. The van der Waals surface area contributed by atoms with E-state index < -0.39 is 0 Å². The second kappa shape index (κ2) is 6.27. The van der Waals surface area contributed by atoms with Crippen LogP contribution in [-0.2, 0) is 4.74 Å². The number of anilines is 2. The topological polar surface area (TPSA) is 59.1 Å². The molecule has 0 aromatic carbocycles. The molecule has 5 nitrogen and oxygen atoms in total. The molecule has 0 saturated carbocycles. The number of hydrogen-bond donors (Lipinski definition) is 2. The van der Waals surface area contributed by atoms with Crippen LogP contribution in [0.4, 0.5) is 11.6 Å². The highest BCUT2D eigenvalue weighted by atomic mass is 16.5. The van der Waals surface area contributed by atoms with Gasteiger partial charge in [-0.1, -0.05) is 0 Å². The fraction of sp³-hybridized carbons (Fsp3) is 0.636. The molecule has 5 heteroatoms. The second-order valence-corrected chi connectivity index (χ2v) is 3.72. The Bertz CT molecular complexity index is 330. The molecule has 16 heavy (non-hydrogen) atoms. The Balaban J connectivity index is 2.71. The van der Waals surface area contributed by atoms with E-state index in [1.165, 1.54) is 0 Å². The molecule has 1 aromatic heterocycles. The minimum absolute atomic E-state index is 0.230. The molecule has 0 saturated heterocycles. The molecule has 0 aliphatic rings. The maximum absolute atomic E-state index is 5.06. The average Bonchev–Trinajstić information content (AvgIpc) is 2.17. The van der Waals surface area contributed by atoms with Gasteiger partial charge in [0.25, 0.3) is 0 Å². The number of hydrogen-bond acceptors (Lipinski definition) is 5. The molecule has 1 aromatic rings. The molecule has 1 heterocycles. The zero-order valence-electron chi connectivity index (χ0n) is 10.4. The van der Waals surface area contributed by atoms with E-state index in [1.54, 1.807) is 7.11 Å². The first-order valence-electron chi connectivity index (χ1n) is 5.50. The molecule has 0 aliphatic carbocycles. The van der Waals surface area contributed by atoms with E-state index in [0.717, 1.165) is 24.0 Å². The van der Waals surface area contributed by atoms with Crippen molar-refractivity contribution in [1.29, 1.82) is 0 Å². The van der Waals surface area contributed by atoms with Crippen molar-refractivity contribution in [2.24, 2.45) is 0 Å². The third-order valence-electron chi connectivity index (χ3n) is 2.01. The summed E-state index contributed by atoms with van der Waals surface area (Å²) in [6.07, 6.45) is 0. The Kier molecular flexibility index (Phi) is 4.98.